The van der Waals surface area contributed by atoms with E-state index in [9.17, 15) is 5.11 Å². The van der Waals surface area contributed by atoms with Crippen molar-refractivity contribution in [1.82, 2.24) is 25.3 Å². The maximum absolute atomic E-state index is 10.5. The lowest BCUT2D eigenvalue weighted by molar-refractivity contribution is 0.353. The van der Waals surface area contributed by atoms with E-state index in [1.54, 1.807) is 10.7 Å². The highest BCUT2D eigenvalue weighted by molar-refractivity contribution is 5.69. The number of nitrogens with zero attached hydrogens (tertiary/aromatic N) is 5. The molecule has 3 atom stereocenters. The van der Waals surface area contributed by atoms with Gasteiger partial charge in [-0.2, -0.15) is 5.10 Å². The SMILES string of the molecule is Cc1ccn(-c2ccc(-c3ccc(N(C)[C@@H]4C[C@H]5CC[C@@H](C4)N5)nn3)c(O)c2)n1. The van der Waals surface area contributed by atoms with Crippen LogP contribution in [0.4, 0.5) is 5.82 Å². The molecule has 0 radical (unpaired) electrons. The Morgan fingerprint density at radius 1 is 1.07 bits per heavy atom. The molecule has 3 aromatic rings. The van der Waals surface area contributed by atoms with Gasteiger partial charge in [-0.25, -0.2) is 4.68 Å². The molecule has 0 aliphatic carbocycles. The maximum atomic E-state index is 10.5. The number of phenolic OH excluding ortho intramolecular Hbond substituents is 1. The number of benzene rings is 1. The number of phenols is 1. The van der Waals surface area contributed by atoms with Crippen molar-refractivity contribution in [2.24, 2.45) is 0 Å². The molecule has 2 fully saturated rings. The summed E-state index contributed by atoms with van der Waals surface area (Å²) in [6.45, 7) is 1.94. The van der Waals surface area contributed by atoms with Gasteiger partial charge in [-0.05, 0) is 62.9 Å². The van der Waals surface area contributed by atoms with Gasteiger partial charge in [-0.3, -0.25) is 0 Å². The van der Waals surface area contributed by atoms with Gasteiger partial charge in [0.2, 0.25) is 0 Å². The molecule has 0 amide bonds. The lowest BCUT2D eigenvalue weighted by Gasteiger charge is -2.36. The average molecular weight is 390 g/mol. The molecule has 5 rings (SSSR count). The third-order valence-corrected chi connectivity index (χ3v) is 6.25. The number of anilines is 1. The first kappa shape index (κ1) is 18.1. The first-order valence-corrected chi connectivity index (χ1v) is 10.3. The summed E-state index contributed by atoms with van der Waals surface area (Å²) in [5, 5.41) is 27.4. The number of fused-ring (bicyclic) bond motifs is 2. The Bertz CT molecular complexity index is 1000. The minimum Gasteiger partial charge on any atom is -0.507 e. The molecule has 0 spiro atoms. The lowest BCUT2D eigenvalue weighted by Crippen LogP contribution is -2.47. The number of aryl methyl sites for hydroxylation is 1. The Balaban J connectivity index is 1.34. The van der Waals surface area contributed by atoms with E-state index in [0.717, 1.165) is 30.0 Å². The zero-order chi connectivity index (χ0) is 20.0. The molecule has 0 saturated carbocycles. The van der Waals surface area contributed by atoms with E-state index in [0.29, 0.717) is 29.4 Å². The third-order valence-electron chi connectivity index (χ3n) is 6.25. The molecule has 7 heteroatoms. The van der Waals surface area contributed by atoms with Gasteiger partial charge in [0.25, 0.3) is 0 Å². The highest BCUT2D eigenvalue weighted by Gasteiger charge is 2.35. The monoisotopic (exact) mass is 390 g/mol. The second-order valence-electron chi connectivity index (χ2n) is 8.25. The third kappa shape index (κ3) is 3.46. The molecule has 29 heavy (non-hydrogen) atoms. The van der Waals surface area contributed by atoms with E-state index in [2.05, 4.69) is 32.6 Å². The molecule has 2 N–H and O–H groups in total. The maximum Gasteiger partial charge on any atom is 0.151 e. The van der Waals surface area contributed by atoms with E-state index in [1.807, 2.05) is 43.5 Å². The standard InChI is InChI=1S/C22H26N6O/c1-14-9-10-28(26-14)17-5-6-19(21(29)13-17)20-7-8-22(25-24-20)27(2)18-11-15-3-4-16(12-18)23-15/h5-10,13,15-16,18,23,29H,3-4,11-12H2,1-2H3/t15-,16+,18-. The van der Waals surface area contributed by atoms with E-state index in [1.165, 1.54) is 12.8 Å². The summed E-state index contributed by atoms with van der Waals surface area (Å²) in [6, 6.07) is 13.1. The molecule has 1 aromatic carbocycles. The fourth-order valence-electron chi connectivity index (χ4n) is 4.63. The van der Waals surface area contributed by atoms with Crippen molar-refractivity contribution < 1.29 is 5.11 Å². The van der Waals surface area contributed by atoms with Crippen LogP contribution in [0.3, 0.4) is 0 Å². The lowest BCUT2D eigenvalue weighted by atomic mass is 9.98. The zero-order valence-corrected chi connectivity index (χ0v) is 16.8. The van der Waals surface area contributed by atoms with Crippen LogP contribution in [0, 0.1) is 6.92 Å². The summed E-state index contributed by atoms with van der Waals surface area (Å²) in [4.78, 5) is 2.26. The van der Waals surface area contributed by atoms with E-state index in [-0.39, 0.29) is 5.75 Å². The van der Waals surface area contributed by atoms with Crippen molar-refractivity contribution in [2.75, 3.05) is 11.9 Å². The fraction of sp³-hybridized carbons (Fsp3) is 0.409. The van der Waals surface area contributed by atoms with Crippen LogP contribution in [0.5, 0.6) is 5.75 Å². The summed E-state index contributed by atoms with van der Waals surface area (Å²) >= 11 is 0. The van der Waals surface area contributed by atoms with Crippen molar-refractivity contribution in [3.05, 3.63) is 48.3 Å². The van der Waals surface area contributed by atoms with Gasteiger partial charge in [-0.1, -0.05) is 0 Å². The highest BCUT2D eigenvalue weighted by atomic mass is 16.3. The predicted octanol–water partition coefficient (Wildman–Crippen LogP) is 3.06. The van der Waals surface area contributed by atoms with Crippen LogP contribution in [0.2, 0.25) is 0 Å². The van der Waals surface area contributed by atoms with Gasteiger partial charge in [0, 0.05) is 43.0 Å². The number of aromatic hydroxyl groups is 1. The van der Waals surface area contributed by atoms with Crippen LogP contribution >= 0.6 is 0 Å². The minimum atomic E-state index is 0.168. The molecule has 150 valence electrons. The van der Waals surface area contributed by atoms with Crippen molar-refractivity contribution >= 4 is 5.82 Å². The first-order chi connectivity index (χ1) is 14.1. The first-order valence-electron chi connectivity index (χ1n) is 10.3. The van der Waals surface area contributed by atoms with Gasteiger partial charge in [-0.15, -0.1) is 10.2 Å². The molecule has 2 aromatic heterocycles. The van der Waals surface area contributed by atoms with Gasteiger partial charge in [0.1, 0.15) is 5.75 Å². The van der Waals surface area contributed by atoms with E-state index in [4.69, 9.17) is 0 Å². The van der Waals surface area contributed by atoms with Crippen molar-refractivity contribution in [1.29, 1.82) is 0 Å². The average Bonchev–Trinajstić information content (AvgIpc) is 3.32. The van der Waals surface area contributed by atoms with Crippen LogP contribution in [0.15, 0.2) is 42.6 Å². The minimum absolute atomic E-state index is 0.168. The van der Waals surface area contributed by atoms with E-state index < -0.39 is 0 Å². The zero-order valence-electron chi connectivity index (χ0n) is 16.8. The van der Waals surface area contributed by atoms with E-state index >= 15 is 0 Å². The second-order valence-corrected chi connectivity index (χ2v) is 8.25. The summed E-state index contributed by atoms with van der Waals surface area (Å²) in [7, 11) is 2.11. The van der Waals surface area contributed by atoms with Crippen LogP contribution in [-0.2, 0) is 0 Å². The normalized spacial score (nSPS) is 23.3. The Hall–Kier alpha value is -2.93. The number of hydrogen-bond donors (Lipinski definition) is 2. The molecule has 4 heterocycles. The smallest absolute Gasteiger partial charge is 0.151 e. The number of aromatic nitrogens is 4. The molecule has 2 aliphatic rings. The number of nitrogens with one attached hydrogen (secondary N) is 1. The summed E-state index contributed by atoms with van der Waals surface area (Å²) in [5.41, 5.74) is 3.07. The number of rotatable bonds is 4. The van der Waals surface area contributed by atoms with Crippen LogP contribution in [0.25, 0.3) is 16.9 Å². The van der Waals surface area contributed by atoms with Crippen LogP contribution in [-0.4, -0.2) is 50.3 Å². The molecule has 7 nitrogen and oxygen atoms in total. The molecule has 2 saturated heterocycles. The summed E-state index contributed by atoms with van der Waals surface area (Å²) in [5.74, 6) is 1.05. The van der Waals surface area contributed by atoms with Gasteiger partial charge < -0.3 is 15.3 Å². The fourth-order valence-corrected chi connectivity index (χ4v) is 4.63. The quantitative estimate of drug-likeness (QED) is 0.713. The van der Waals surface area contributed by atoms with Gasteiger partial charge >= 0.3 is 0 Å². The predicted molar refractivity (Wildman–Crippen MR) is 112 cm³/mol. The molecule has 2 bridgehead atoms. The number of hydrogen-bond acceptors (Lipinski definition) is 6. The Morgan fingerprint density at radius 3 is 2.48 bits per heavy atom. The van der Waals surface area contributed by atoms with Crippen LogP contribution < -0.4 is 10.2 Å². The Kier molecular flexibility index (Phi) is 4.47. The largest absolute Gasteiger partial charge is 0.507 e. The molecule has 0 unspecified atom stereocenters. The topological polar surface area (TPSA) is 79.1 Å². The second kappa shape index (κ2) is 7.15. The van der Waals surface area contributed by atoms with Gasteiger partial charge in [0.15, 0.2) is 5.82 Å². The van der Waals surface area contributed by atoms with Crippen molar-refractivity contribution in [3.63, 3.8) is 0 Å². The Labute approximate surface area is 170 Å². The van der Waals surface area contributed by atoms with Gasteiger partial charge in [0.05, 0.1) is 17.1 Å². The summed E-state index contributed by atoms with van der Waals surface area (Å²) < 4.78 is 1.74. The van der Waals surface area contributed by atoms with Crippen molar-refractivity contribution in [3.8, 4) is 22.7 Å². The molecule has 2 aliphatic heterocycles. The molecular formula is C22H26N6O. The van der Waals surface area contributed by atoms with Crippen molar-refractivity contribution in [2.45, 2.75) is 50.7 Å². The number of piperidine rings is 1. The Morgan fingerprint density at radius 2 is 1.86 bits per heavy atom. The van der Waals surface area contributed by atoms with Crippen LogP contribution in [0.1, 0.15) is 31.4 Å². The summed E-state index contributed by atoms with van der Waals surface area (Å²) in [6.07, 6.45) is 6.76. The molecular weight excluding hydrogens is 364 g/mol. The highest BCUT2D eigenvalue weighted by Crippen LogP contribution is 2.32.